The first-order valence-corrected chi connectivity index (χ1v) is 10.8. The van der Waals surface area contributed by atoms with E-state index in [1.807, 2.05) is 51.2 Å². The van der Waals surface area contributed by atoms with Crippen molar-refractivity contribution in [3.05, 3.63) is 65.1 Å². The molecular formula is C26H37FN2O. The normalized spacial score (nSPS) is 11.6. The van der Waals surface area contributed by atoms with Gasteiger partial charge in [0.15, 0.2) is 0 Å². The minimum atomic E-state index is -0.168. The van der Waals surface area contributed by atoms with E-state index in [1.54, 1.807) is 6.07 Å². The van der Waals surface area contributed by atoms with Crippen LogP contribution in [0.15, 0.2) is 42.6 Å². The minimum Gasteiger partial charge on any atom is -0.361 e. The largest absolute Gasteiger partial charge is 0.361 e. The van der Waals surface area contributed by atoms with E-state index in [-0.39, 0.29) is 11.7 Å². The summed E-state index contributed by atoms with van der Waals surface area (Å²) in [4.78, 5) is 14.0. The standard InChI is InChI=1S/C11H12FN.C9H9NO.C4H10.C2H6/c1-7(2)10-5-8(12)6-11-9(10)3-4-13-11;1-6-3-2-4-8-7(6)5-9(11)10-8;1-4(2)3;1-2/h3-7,13H,1-2H3;2-4H,5H2,1H3,(H,10,11);4H,1-3H3;1-2H3. The molecule has 4 rings (SSSR count). The minimum absolute atomic E-state index is 0.106. The summed E-state index contributed by atoms with van der Waals surface area (Å²) in [5.74, 6) is 1.13. The molecule has 0 saturated carbocycles. The molecule has 0 fully saturated rings. The van der Waals surface area contributed by atoms with Crippen LogP contribution >= 0.6 is 0 Å². The Morgan fingerprint density at radius 1 is 1.00 bits per heavy atom. The topological polar surface area (TPSA) is 44.9 Å². The van der Waals surface area contributed by atoms with Crippen molar-refractivity contribution in [3.8, 4) is 0 Å². The molecule has 1 amide bonds. The molecule has 4 heteroatoms. The molecule has 3 aromatic rings. The van der Waals surface area contributed by atoms with Crippen LogP contribution in [0, 0.1) is 18.7 Å². The highest BCUT2D eigenvalue weighted by Crippen LogP contribution is 2.26. The number of H-pyrrole nitrogens is 1. The van der Waals surface area contributed by atoms with Gasteiger partial charge in [-0.15, -0.1) is 0 Å². The van der Waals surface area contributed by atoms with Gasteiger partial charge in [-0.2, -0.15) is 0 Å². The monoisotopic (exact) mass is 412 g/mol. The quantitative estimate of drug-likeness (QED) is 0.424. The number of carbonyl (C=O) groups excluding carboxylic acids is 1. The van der Waals surface area contributed by atoms with Crippen molar-refractivity contribution in [1.82, 2.24) is 4.98 Å². The van der Waals surface area contributed by atoms with Crippen molar-refractivity contribution in [1.29, 1.82) is 0 Å². The molecule has 3 nitrogen and oxygen atoms in total. The average Bonchev–Trinajstić information content (AvgIpc) is 3.29. The second-order valence-electron chi connectivity index (χ2n) is 8.15. The molecule has 0 atom stereocenters. The second-order valence-corrected chi connectivity index (χ2v) is 8.15. The van der Waals surface area contributed by atoms with E-state index in [4.69, 9.17) is 0 Å². The Morgan fingerprint density at radius 3 is 2.20 bits per heavy atom. The molecule has 0 radical (unpaired) electrons. The maximum Gasteiger partial charge on any atom is 0.228 e. The molecule has 0 bridgehead atoms. The van der Waals surface area contributed by atoms with Crippen molar-refractivity contribution in [2.45, 2.75) is 67.7 Å². The van der Waals surface area contributed by atoms with Crippen LogP contribution in [-0.4, -0.2) is 10.9 Å². The third kappa shape index (κ3) is 7.33. The van der Waals surface area contributed by atoms with Crippen LogP contribution in [0.5, 0.6) is 0 Å². The number of hydrogen-bond acceptors (Lipinski definition) is 1. The van der Waals surface area contributed by atoms with Gasteiger partial charge in [0.2, 0.25) is 5.91 Å². The van der Waals surface area contributed by atoms with Crippen molar-refractivity contribution in [3.63, 3.8) is 0 Å². The summed E-state index contributed by atoms with van der Waals surface area (Å²) in [5.41, 5.74) is 5.27. The number of carbonyl (C=O) groups is 1. The molecule has 2 N–H and O–H groups in total. The van der Waals surface area contributed by atoms with Crippen LogP contribution in [0.3, 0.4) is 0 Å². The maximum atomic E-state index is 13.1. The zero-order valence-corrected chi connectivity index (χ0v) is 19.7. The molecular weight excluding hydrogens is 375 g/mol. The number of aromatic nitrogens is 1. The lowest BCUT2D eigenvalue weighted by Gasteiger charge is -2.06. The molecule has 2 heterocycles. The summed E-state index contributed by atoms with van der Waals surface area (Å²) in [6, 6.07) is 11.1. The lowest BCUT2D eigenvalue weighted by Crippen LogP contribution is -2.03. The van der Waals surface area contributed by atoms with Crippen LogP contribution in [0.2, 0.25) is 0 Å². The lowest BCUT2D eigenvalue weighted by atomic mass is 9.99. The number of hydrogen-bond donors (Lipinski definition) is 2. The third-order valence-electron chi connectivity index (χ3n) is 4.31. The zero-order chi connectivity index (χ0) is 22.8. The van der Waals surface area contributed by atoms with Crippen molar-refractivity contribution < 1.29 is 9.18 Å². The Kier molecular flexibility index (Phi) is 10.3. The van der Waals surface area contributed by atoms with E-state index in [0.717, 1.165) is 33.6 Å². The number of rotatable bonds is 1. The summed E-state index contributed by atoms with van der Waals surface area (Å²) in [5, 5.41) is 3.92. The Morgan fingerprint density at radius 2 is 1.63 bits per heavy atom. The molecule has 0 saturated heterocycles. The van der Waals surface area contributed by atoms with Crippen LogP contribution in [0.25, 0.3) is 10.9 Å². The molecule has 0 unspecified atom stereocenters. The van der Waals surface area contributed by atoms with Crippen LogP contribution in [-0.2, 0) is 11.2 Å². The fourth-order valence-corrected chi connectivity index (χ4v) is 3.05. The van der Waals surface area contributed by atoms with E-state index in [1.165, 1.54) is 11.6 Å². The first kappa shape index (κ1) is 25.4. The van der Waals surface area contributed by atoms with Crippen molar-refractivity contribution in [2.24, 2.45) is 5.92 Å². The molecule has 1 aliphatic rings. The summed E-state index contributed by atoms with van der Waals surface area (Å²) < 4.78 is 13.1. The smallest absolute Gasteiger partial charge is 0.228 e. The van der Waals surface area contributed by atoms with Crippen LogP contribution < -0.4 is 5.32 Å². The van der Waals surface area contributed by atoms with Gasteiger partial charge in [0, 0.05) is 22.8 Å². The number of aryl methyl sites for hydroxylation is 1. The highest BCUT2D eigenvalue weighted by atomic mass is 19.1. The van der Waals surface area contributed by atoms with Gasteiger partial charge in [-0.25, -0.2) is 4.39 Å². The van der Waals surface area contributed by atoms with Gasteiger partial charge in [0.05, 0.1) is 6.42 Å². The second kappa shape index (κ2) is 12.2. The highest BCUT2D eigenvalue weighted by Gasteiger charge is 2.17. The Hall–Kier alpha value is -2.62. The summed E-state index contributed by atoms with van der Waals surface area (Å²) in [6.07, 6.45) is 2.39. The summed E-state index contributed by atoms with van der Waals surface area (Å²) >= 11 is 0. The third-order valence-corrected chi connectivity index (χ3v) is 4.31. The van der Waals surface area contributed by atoms with Crippen molar-refractivity contribution in [2.75, 3.05) is 5.32 Å². The van der Waals surface area contributed by atoms with Gasteiger partial charge < -0.3 is 10.3 Å². The highest BCUT2D eigenvalue weighted by molar-refractivity contribution is 5.99. The molecule has 1 aromatic heterocycles. The molecule has 2 aromatic carbocycles. The predicted molar refractivity (Wildman–Crippen MR) is 128 cm³/mol. The first-order chi connectivity index (χ1) is 14.2. The van der Waals surface area contributed by atoms with Gasteiger partial charge >= 0.3 is 0 Å². The number of nitrogens with one attached hydrogen (secondary N) is 2. The first-order valence-electron chi connectivity index (χ1n) is 10.8. The van der Waals surface area contributed by atoms with Gasteiger partial charge in [-0.3, -0.25) is 4.79 Å². The van der Waals surface area contributed by atoms with Gasteiger partial charge in [0.25, 0.3) is 0 Å². The molecule has 1 aliphatic heterocycles. The number of amides is 1. The molecule has 30 heavy (non-hydrogen) atoms. The van der Waals surface area contributed by atoms with Gasteiger partial charge in [-0.1, -0.05) is 60.6 Å². The lowest BCUT2D eigenvalue weighted by molar-refractivity contribution is -0.115. The predicted octanol–water partition coefficient (Wildman–Crippen LogP) is 7.61. The van der Waals surface area contributed by atoms with Crippen LogP contribution in [0.4, 0.5) is 10.1 Å². The van der Waals surface area contributed by atoms with Gasteiger partial charge in [-0.05, 0) is 59.7 Å². The Labute approximate surface area is 181 Å². The fourth-order valence-electron chi connectivity index (χ4n) is 3.05. The average molecular weight is 413 g/mol. The number of benzene rings is 2. The SMILES string of the molecule is CC.CC(C)C.CC(C)c1cc(F)cc2[nH]ccc12.Cc1cccc2c1CC(=O)N2. The van der Waals surface area contributed by atoms with Crippen LogP contribution in [0.1, 0.15) is 71.1 Å². The number of halogens is 1. The maximum absolute atomic E-state index is 13.1. The number of fused-ring (bicyclic) bond motifs is 2. The Balaban J connectivity index is 0.000000241. The Bertz CT molecular complexity index is 939. The summed E-state index contributed by atoms with van der Waals surface area (Å²) in [6.45, 7) is 16.7. The van der Waals surface area contributed by atoms with E-state index < -0.39 is 0 Å². The molecule has 0 spiro atoms. The van der Waals surface area contributed by atoms with E-state index >= 15 is 0 Å². The van der Waals surface area contributed by atoms with E-state index in [9.17, 15) is 9.18 Å². The van der Waals surface area contributed by atoms with E-state index in [2.05, 4.69) is 44.9 Å². The summed E-state index contributed by atoms with van der Waals surface area (Å²) in [7, 11) is 0. The van der Waals surface area contributed by atoms with Gasteiger partial charge in [0.1, 0.15) is 5.82 Å². The zero-order valence-electron chi connectivity index (χ0n) is 19.7. The fraction of sp³-hybridized carbons (Fsp3) is 0.423. The van der Waals surface area contributed by atoms with Crippen molar-refractivity contribution >= 4 is 22.5 Å². The molecule has 0 aliphatic carbocycles. The van der Waals surface area contributed by atoms with E-state index in [0.29, 0.717) is 12.3 Å². The number of aromatic amines is 1. The number of anilines is 1. The molecule has 164 valence electrons.